The van der Waals surface area contributed by atoms with E-state index >= 15 is 0 Å². The smallest absolute Gasteiger partial charge is 0.258 e. The number of morpholine rings is 1. The van der Waals surface area contributed by atoms with Crippen molar-refractivity contribution in [2.45, 2.75) is 38.8 Å². The highest BCUT2D eigenvalue weighted by Crippen LogP contribution is 2.37. The van der Waals surface area contributed by atoms with Crippen molar-refractivity contribution in [3.05, 3.63) is 53.1 Å². The zero-order chi connectivity index (χ0) is 24.2. The monoisotopic (exact) mass is 473 g/mol. The number of hydrogen-bond acceptors (Lipinski definition) is 8. The zero-order valence-corrected chi connectivity index (χ0v) is 20.3. The summed E-state index contributed by atoms with van der Waals surface area (Å²) in [5.74, 6) is 1.52. The first kappa shape index (κ1) is 23.5. The van der Waals surface area contributed by atoms with Gasteiger partial charge in [0.2, 0.25) is 5.82 Å². The van der Waals surface area contributed by atoms with E-state index in [1.165, 1.54) is 11.1 Å². The number of benzene rings is 2. The van der Waals surface area contributed by atoms with E-state index in [1.54, 1.807) is 12.1 Å². The van der Waals surface area contributed by atoms with E-state index in [1.807, 2.05) is 19.9 Å². The molecule has 5 rings (SSSR count). The maximum Gasteiger partial charge on any atom is 0.258 e. The van der Waals surface area contributed by atoms with Crippen molar-refractivity contribution in [2.75, 3.05) is 39.4 Å². The van der Waals surface area contributed by atoms with Crippen molar-refractivity contribution < 1.29 is 14.0 Å². The molecule has 0 radical (unpaired) electrons. The average molecular weight is 474 g/mol. The minimum Gasteiger partial charge on any atom is -0.490 e. The summed E-state index contributed by atoms with van der Waals surface area (Å²) < 4.78 is 16.8. The lowest BCUT2D eigenvalue weighted by atomic mass is 10.0. The van der Waals surface area contributed by atoms with Gasteiger partial charge >= 0.3 is 0 Å². The normalized spacial score (nSPS) is 17.9. The fourth-order valence-electron chi connectivity index (χ4n) is 4.85. The fourth-order valence-corrected chi connectivity index (χ4v) is 4.85. The van der Waals surface area contributed by atoms with E-state index in [4.69, 9.17) is 14.0 Å². The van der Waals surface area contributed by atoms with Crippen LogP contribution in [-0.4, -0.2) is 60.5 Å². The summed E-state index contributed by atoms with van der Waals surface area (Å²) in [5.41, 5.74) is 4.75. The first-order valence-corrected chi connectivity index (χ1v) is 12.3. The fraction of sp³-hybridized carbons (Fsp3) is 0.444. The largest absolute Gasteiger partial charge is 0.490 e. The Morgan fingerprint density at radius 3 is 2.89 bits per heavy atom. The molecule has 1 unspecified atom stereocenters. The standard InChI is InChI=1S/C27H31N5O3/c1-18(2)34-25-9-6-19(16-20(25)17-28)27-30-26(31-35-27)23-5-3-4-22-21(23)7-8-24(22)29-10-11-32-12-14-33-15-13-32/h3-6,9,16,18,24,29H,7-8,10-15H2,1-2H3. The van der Waals surface area contributed by atoms with Crippen molar-refractivity contribution in [2.24, 2.45) is 0 Å². The summed E-state index contributed by atoms with van der Waals surface area (Å²) in [6.07, 6.45) is 2.02. The molecule has 1 aliphatic carbocycles. The number of aromatic nitrogens is 2. The molecule has 182 valence electrons. The highest BCUT2D eigenvalue weighted by molar-refractivity contribution is 5.67. The summed E-state index contributed by atoms with van der Waals surface area (Å²) in [7, 11) is 0. The molecule has 8 heteroatoms. The van der Waals surface area contributed by atoms with Gasteiger partial charge in [-0.15, -0.1) is 0 Å². The molecular formula is C27H31N5O3. The van der Waals surface area contributed by atoms with Gasteiger partial charge in [0, 0.05) is 43.3 Å². The van der Waals surface area contributed by atoms with Crippen LogP contribution in [0.3, 0.4) is 0 Å². The predicted molar refractivity (Wildman–Crippen MR) is 132 cm³/mol. The van der Waals surface area contributed by atoms with E-state index < -0.39 is 0 Å². The van der Waals surface area contributed by atoms with Gasteiger partial charge in [-0.25, -0.2) is 0 Å². The van der Waals surface area contributed by atoms with Crippen LogP contribution in [0.4, 0.5) is 0 Å². The van der Waals surface area contributed by atoms with Crippen LogP contribution >= 0.6 is 0 Å². The third kappa shape index (κ3) is 5.22. The Hall–Kier alpha value is -3.25. The number of nitriles is 1. The zero-order valence-electron chi connectivity index (χ0n) is 20.3. The Labute approximate surface area is 205 Å². The second kappa shape index (κ2) is 10.6. The summed E-state index contributed by atoms with van der Waals surface area (Å²) in [6, 6.07) is 14.2. The summed E-state index contributed by atoms with van der Waals surface area (Å²) in [5, 5.41) is 17.6. The second-order valence-electron chi connectivity index (χ2n) is 9.29. The number of nitrogens with one attached hydrogen (secondary N) is 1. The molecule has 1 N–H and O–H groups in total. The van der Waals surface area contributed by atoms with Crippen LogP contribution in [-0.2, 0) is 11.2 Å². The molecule has 1 atom stereocenters. The van der Waals surface area contributed by atoms with Crippen molar-refractivity contribution in [1.29, 1.82) is 5.26 Å². The van der Waals surface area contributed by atoms with Gasteiger partial charge in [0.25, 0.3) is 5.89 Å². The number of fused-ring (bicyclic) bond motifs is 1. The Kier molecular flexibility index (Phi) is 7.09. The van der Waals surface area contributed by atoms with Gasteiger partial charge in [-0.3, -0.25) is 4.90 Å². The van der Waals surface area contributed by atoms with Crippen LogP contribution in [0.25, 0.3) is 22.8 Å². The van der Waals surface area contributed by atoms with Crippen LogP contribution in [0.15, 0.2) is 40.9 Å². The van der Waals surface area contributed by atoms with Gasteiger partial charge in [0.05, 0.1) is 24.9 Å². The van der Waals surface area contributed by atoms with E-state index in [9.17, 15) is 5.26 Å². The lowest BCUT2D eigenvalue weighted by Gasteiger charge is -2.27. The number of ether oxygens (including phenoxy) is 2. The molecule has 1 saturated heterocycles. The molecule has 8 nitrogen and oxygen atoms in total. The molecule has 0 spiro atoms. The summed E-state index contributed by atoms with van der Waals surface area (Å²) in [4.78, 5) is 7.12. The van der Waals surface area contributed by atoms with E-state index in [0.717, 1.165) is 57.8 Å². The molecular weight excluding hydrogens is 442 g/mol. The van der Waals surface area contributed by atoms with Gasteiger partial charge in [-0.05, 0) is 56.0 Å². The maximum absolute atomic E-state index is 9.54. The lowest BCUT2D eigenvalue weighted by molar-refractivity contribution is 0.0381. The topological polar surface area (TPSA) is 96.4 Å². The van der Waals surface area contributed by atoms with Gasteiger partial charge in [0.1, 0.15) is 11.8 Å². The molecule has 0 amide bonds. The van der Waals surface area contributed by atoms with Gasteiger partial charge in [0.15, 0.2) is 0 Å². The van der Waals surface area contributed by atoms with Crippen molar-refractivity contribution in [1.82, 2.24) is 20.4 Å². The molecule has 2 aliphatic rings. The van der Waals surface area contributed by atoms with Crippen molar-refractivity contribution in [3.63, 3.8) is 0 Å². The highest BCUT2D eigenvalue weighted by atomic mass is 16.5. The van der Waals surface area contributed by atoms with Crippen LogP contribution in [0, 0.1) is 11.3 Å². The lowest BCUT2D eigenvalue weighted by Crippen LogP contribution is -2.40. The Balaban J connectivity index is 1.31. The highest BCUT2D eigenvalue weighted by Gasteiger charge is 2.26. The van der Waals surface area contributed by atoms with Crippen LogP contribution in [0.2, 0.25) is 0 Å². The van der Waals surface area contributed by atoms with E-state index in [0.29, 0.717) is 34.6 Å². The molecule has 3 aromatic rings. The van der Waals surface area contributed by atoms with Crippen LogP contribution < -0.4 is 10.1 Å². The summed E-state index contributed by atoms with van der Waals surface area (Å²) in [6.45, 7) is 9.54. The first-order chi connectivity index (χ1) is 17.1. The quantitative estimate of drug-likeness (QED) is 0.525. The average Bonchev–Trinajstić information content (AvgIpc) is 3.52. The molecule has 0 bridgehead atoms. The number of nitrogens with zero attached hydrogens (tertiary/aromatic N) is 4. The molecule has 1 aromatic heterocycles. The van der Waals surface area contributed by atoms with E-state index in [-0.39, 0.29) is 6.10 Å². The summed E-state index contributed by atoms with van der Waals surface area (Å²) >= 11 is 0. The SMILES string of the molecule is CC(C)Oc1ccc(-c2nc(-c3cccc4c3CCC4NCCN3CCOCC3)no2)cc1C#N. The van der Waals surface area contributed by atoms with E-state index in [2.05, 4.69) is 44.6 Å². The van der Waals surface area contributed by atoms with Crippen LogP contribution in [0.5, 0.6) is 5.75 Å². The van der Waals surface area contributed by atoms with Gasteiger partial charge in [-0.2, -0.15) is 10.2 Å². The number of rotatable bonds is 8. The third-order valence-corrected chi connectivity index (χ3v) is 6.57. The number of hydrogen-bond donors (Lipinski definition) is 1. The maximum atomic E-state index is 9.54. The minimum absolute atomic E-state index is 0.0131. The Morgan fingerprint density at radius 1 is 1.23 bits per heavy atom. The minimum atomic E-state index is -0.0131. The predicted octanol–water partition coefficient (Wildman–Crippen LogP) is 3.97. The van der Waals surface area contributed by atoms with Gasteiger partial charge < -0.3 is 19.3 Å². The molecule has 2 heterocycles. The second-order valence-corrected chi connectivity index (χ2v) is 9.29. The Morgan fingerprint density at radius 2 is 2.09 bits per heavy atom. The molecule has 0 saturated carbocycles. The molecule has 1 aliphatic heterocycles. The van der Waals surface area contributed by atoms with Crippen molar-refractivity contribution in [3.8, 4) is 34.7 Å². The molecule has 35 heavy (non-hydrogen) atoms. The van der Waals surface area contributed by atoms with Crippen molar-refractivity contribution >= 4 is 0 Å². The third-order valence-electron chi connectivity index (χ3n) is 6.57. The molecule has 1 fully saturated rings. The Bertz CT molecular complexity index is 1210. The molecule has 2 aromatic carbocycles. The first-order valence-electron chi connectivity index (χ1n) is 12.3. The van der Waals surface area contributed by atoms with Crippen LogP contribution in [0.1, 0.15) is 43.0 Å². The van der Waals surface area contributed by atoms with Gasteiger partial charge in [-0.1, -0.05) is 23.4 Å².